The second kappa shape index (κ2) is 4.94. The molecule has 0 bridgehead atoms. The molecule has 2 rings (SSSR count). The van der Waals surface area contributed by atoms with Gasteiger partial charge in [0, 0.05) is 12.5 Å². The van der Waals surface area contributed by atoms with E-state index >= 15 is 0 Å². The molecule has 5 nitrogen and oxygen atoms in total. The van der Waals surface area contributed by atoms with E-state index < -0.39 is 23.9 Å². The quantitative estimate of drug-likeness (QED) is 0.869. The number of carboxylic acid groups (broad SMARTS) is 1. The number of hydrogen-bond acceptors (Lipinski definition) is 3. The topological polar surface area (TPSA) is 71.5 Å². The van der Waals surface area contributed by atoms with Crippen molar-refractivity contribution in [1.29, 1.82) is 0 Å². The van der Waals surface area contributed by atoms with Crippen molar-refractivity contribution < 1.29 is 27.8 Å². The third-order valence-corrected chi connectivity index (χ3v) is 2.79. The SMILES string of the molecule is O=C(O)NCC1CCOc2ccc(C(F)(F)F)nc21. The van der Waals surface area contributed by atoms with Crippen molar-refractivity contribution in [2.45, 2.75) is 18.5 Å². The van der Waals surface area contributed by atoms with Crippen LogP contribution in [-0.4, -0.2) is 29.3 Å². The number of alkyl halides is 3. The molecule has 1 aliphatic heterocycles. The maximum Gasteiger partial charge on any atom is 0.433 e. The molecule has 0 spiro atoms. The summed E-state index contributed by atoms with van der Waals surface area (Å²) in [6.07, 6.45) is -5.33. The molecule has 0 saturated heterocycles. The molecule has 1 unspecified atom stereocenters. The van der Waals surface area contributed by atoms with Gasteiger partial charge in [0.05, 0.1) is 12.3 Å². The second-order valence-electron chi connectivity index (χ2n) is 4.10. The van der Waals surface area contributed by atoms with Gasteiger partial charge >= 0.3 is 12.3 Å². The van der Waals surface area contributed by atoms with Crippen molar-refractivity contribution in [3.05, 3.63) is 23.5 Å². The monoisotopic (exact) mass is 276 g/mol. The molecule has 19 heavy (non-hydrogen) atoms. The van der Waals surface area contributed by atoms with Crippen molar-refractivity contribution in [2.24, 2.45) is 0 Å². The number of amides is 1. The molecule has 0 aromatic carbocycles. The number of nitrogens with zero attached hydrogens (tertiary/aromatic N) is 1. The third-order valence-electron chi connectivity index (χ3n) is 2.79. The fourth-order valence-electron chi connectivity index (χ4n) is 1.89. The van der Waals surface area contributed by atoms with Gasteiger partial charge in [0.15, 0.2) is 0 Å². The molecule has 0 aliphatic carbocycles. The first-order valence-corrected chi connectivity index (χ1v) is 5.55. The molecule has 1 aliphatic rings. The number of carbonyl (C=O) groups is 1. The van der Waals surface area contributed by atoms with E-state index in [9.17, 15) is 18.0 Å². The number of halogens is 3. The lowest BCUT2D eigenvalue weighted by molar-refractivity contribution is -0.141. The van der Waals surface area contributed by atoms with Crippen LogP contribution in [0.1, 0.15) is 23.7 Å². The summed E-state index contributed by atoms with van der Waals surface area (Å²) in [4.78, 5) is 14.0. The summed E-state index contributed by atoms with van der Waals surface area (Å²) in [5, 5.41) is 10.7. The lowest BCUT2D eigenvalue weighted by Gasteiger charge is -2.25. The third kappa shape index (κ3) is 3.07. The Morgan fingerprint density at radius 2 is 2.26 bits per heavy atom. The molecule has 1 aromatic rings. The van der Waals surface area contributed by atoms with Crippen LogP contribution in [0.25, 0.3) is 0 Å². The zero-order chi connectivity index (χ0) is 14.0. The molecule has 0 radical (unpaired) electrons. The van der Waals surface area contributed by atoms with E-state index in [1.807, 2.05) is 0 Å². The van der Waals surface area contributed by atoms with Crippen molar-refractivity contribution in [2.75, 3.05) is 13.2 Å². The Labute approximate surface area is 106 Å². The number of ether oxygens (including phenoxy) is 1. The summed E-state index contributed by atoms with van der Waals surface area (Å²) < 4.78 is 43.0. The van der Waals surface area contributed by atoms with Crippen LogP contribution >= 0.6 is 0 Å². The number of pyridine rings is 1. The van der Waals surface area contributed by atoms with E-state index in [4.69, 9.17) is 9.84 Å². The largest absolute Gasteiger partial charge is 0.492 e. The Bertz CT molecular complexity index is 491. The number of fused-ring (bicyclic) bond motifs is 1. The fourth-order valence-corrected chi connectivity index (χ4v) is 1.89. The Kier molecular flexibility index (Phi) is 3.50. The molecule has 1 amide bonds. The van der Waals surface area contributed by atoms with Crippen LogP contribution in [0.4, 0.5) is 18.0 Å². The molecule has 0 saturated carbocycles. The maximum absolute atomic E-state index is 12.6. The van der Waals surface area contributed by atoms with E-state index in [1.54, 1.807) is 0 Å². The molecular formula is C11H11F3N2O3. The van der Waals surface area contributed by atoms with Gasteiger partial charge in [0.2, 0.25) is 0 Å². The highest BCUT2D eigenvalue weighted by Gasteiger charge is 2.35. The van der Waals surface area contributed by atoms with Crippen molar-refractivity contribution in [3.8, 4) is 5.75 Å². The number of rotatable bonds is 2. The van der Waals surface area contributed by atoms with Crippen LogP contribution in [0.15, 0.2) is 12.1 Å². The van der Waals surface area contributed by atoms with Gasteiger partial charge in [0.1, 0.15) is 11.4 Å². The van der Waals surface area contributed by atoms with E-state index in [0.717, 1.165) is 6.07 Å². The molecule has 1 atom stereocenters. The first-order chi connectivity index (χ1) is 8.88. The van der Waals surface area contributed by atoms with E-state index in [0.29, 0.717) is 13.0 Å². The minimum atomic E-state index is -4.53. The van der Waals surface area contributed by atoms with Gasteiger partial charge in [-0.05, 0) is 18.6 Å². The van der Waals surface area contributed by atoms with E-state index in [2.05, 4.69) is 10.3 Å². The maximum atomic E-state index is 12.6. The van der Waals surface area contributed by atoms with Gasteiger partial charge in [-0.25, -0.2) is 9.78 Å². The van der Waals surface area contributed by atoms with Crippen LogP contribution < -0.4 is 10.1 Å². The zero-order valence-corrected chi connectivity index (χ0v) is 9.70. The summed E-state index contributed by atoms with van der Waals surface area (Å²) in [6.45, 7) is 0.339. The lowest BCUT2D eigenvalue weighted by Crippen LogP contribution is -2.30. The van der Waals surface area contributed by atoms with E-state index in [1.165, 1.54) is 6.07 Å². The van der Waals surface area contributed by atoms with Gasteiger partial charge in [-0.1, -0.05) is 0 Å². The molecule has 104 valence electrons. The molecule has 2 heterocycles. The fraction of sp³-hybridized carbons (Fsp3) is 0.455. The van der Waals surface area contributed by atoms with E-state index in [-0.39, 0.29) is 18.0 Å². The normalized spacial score (nSPS) is 18.4. The predicted octanol–water partition coefficient (Wildman–Crippen LogP) is 2.23. The summed E-state index contributed by atoms with van der Waals surface area (Å²) in [5.74, 6) is -0.140. The predicted molar refractivity (Wildman–Crippen MR) is 58.1 cm³/mol. The standard InChI is InChI=1S/C11H11F3N2O3/c12-11(13,14)8-2-1-7-9(16-8)6(3-4-19-7)5-15-10(17)18/h1-2,6,15H,3-5H2,(H,17,18). The van der Waals surface area contributed by atoms with Crippen molar-refractivity contribution in [1.82, 2.24) is 10.3 Å². The highest BCUT2D eigenvalue weighted by molar-refractivity contribution is 5.64. The number of nitrogens with one attached hydrogen (secondary N) is 1. The first-order valence-electron chi connectivity index (χ1n) is 5.55. The summed E-state index contributed by atoms with van der Waals surface area (Å²) >= 11 is 0. The number of hydrogen-bond donors (Lipinski definition) is 2. The van der Waals surface area contributed by atoms with Gasteiger partial charge in [-0.3, -0.25) is 0 Å². The Hall–Kier alpha value is -1.99. The Morgan fingerprint density at radius 1 is 1.53 bits per heavy atom. The summed E-state index contributed by atoms with van der Waals surface area (Å²) in [7, 11) is 0. The zero-order valence-electron chi connectivity index (χ0n) is 9.70. The molecule has 8 heteroatoms. The number of aromatic nitrogens is 1. The summed E-state index contributed by atoms with van der Waals surface area (Å²) in [6, 6.07) is 2.07. The van der Waals surface area contributed by atoms with Crippen molar-refractivity contribution in [3.63, 3.8) is 0 Å². The minimum absolute atomic E-state index is 0.0139. The molecule has 0 fully saturated rings. The van der Waals surface area contributed by atoms with Gasteiger partial charge in [0.25, 0.3) is 0 Å². The lowest BCUT2D eigenvalue weighted by atomic mass is 9.98. The van der Waals surface area contributed by atoms with Crippen LogP contribution in [0.3, 0.4) is 0 Å². The molecular weight excluding hydrogens is 265 g/mol. The van der Waals surface area contributed by atoms with Crippen LogP contribution in [0.5, 0.6) is 5.75 Å². The Morgan fingerprint density at radius 3 is 2.89 bits per heavy atom. The molecule has 2 N–H and O–H groups in total. The smallest absolute Gasteiger partial charge is 0.433 e. The average Bonchev–Trinajstić information content (AvgIpc) is 2.34. The van der Waals surface area contributed by atoms with Gasteiger partial charge in [-0.2, -0.15) is 13.2 Å². The van der Waals surface area contributed by atoms with Crippen LogP contribution in [0.2, 0.25) is 0 Å². The van der Waals surface area contributed by atoms with Gasteiger partial charge in [-0.15, -0.1) is 0 Å². The van der Waals surface area contributed by atoms with Crippen LogP contribution in [0, 0.1) is 0 Å². The second-order valence-corrected chi connectivity index (χ2v) is 4.10. The Balaban J connectivity index is 2.27. The van der Waals surface area contributed by atoms with Gasteiger partial charge < -0.3 is 15.2 Å². The highest BCUT2D eigenvalue weighted by Crippen LogP contribution is 2.35. The van der Waals surface area contributed by atoms with Crippen LogP contribution in [-0.2, 0) is 6.18 Å². The average molecular weight is 276 g/mol. The molecule has 1 aromatic heterocycles. The summed E-state index contributed by atoms with van der Waals surface area (Å²) in [5.41, 5.74) is -0.855. The van der Waals surface area contributed by atoms with Crippen molar-refractivity contribution >= 4 is 6.09 Å². The minimum Gasteiger partial charge on any atom is -0.492 e. The first kappa shape index (κ1) is 13.4. The highest BCUT2D eigenvalue weighted by atomic mass is 19.4.